The van der Waals surface area contributed by atoms with Crippen molar-refractivity contribution in [2.75, 3.05) is 6.54 Å². The predicted molar refractivity (Wildman–Crippen MR) is 83.1 cm³/mol. The highest BCUT2D eigenvalue weighted by Crippen LogP contribution is 2.16. The van der Waals surface area contributed by atoms with Gasteiger partial charge in [0.25, 0.3) is 0 Å². The number of amidine groups is 1. The van der Waals surface area contributed by atoms with Crippen molar-refractivity contribution in [3.05, 3.63) is 52.2 Å². The van der Waals surface area contributed by atoms with Crippen LogP contribution in [0.15, 0.2) is 46.8 Å². The van der Waals surface area contributed by atoms with Gasteiger partial charge in [0, 0.05) is 6.54 Å². The lowest BCUT2D eigenvalue weighted by atomic mass is 10.2. The summed E-state index contributed by atoms with van der Waals surface area (Å²) in [6.45, 7) is 4.07. The molecule has 0 fully saturated rings. The number of nitrogens with zero attached hydrogens (tertiary/aromatic N) is 1. The Hall–Kier alpha value is -1.65. The average molecular weight is 273 g/mol. The fourth-order valence-corrected chi connectivity index (χ4v) is 2.39. The van der Waals surface area contributed by atoms with Crippen LogP contribution in [-0.2, 0) is 6.54 Å². The van der Waals surface area contributed by atoms with Crippen LogP contribution in [0.2, 0.25) is 0 Å². The van der Waals surface area contributed by atoms with Crippen molar-refractivity contribution in [2.24, 2.45) is 10.7 Å². The lowest BCUT2D eigenvalue weighted by Crippen LogP contribution is -2.13. The molecule has 2 rings (SSSR count). The molecule has 0 spiro atoms. The summed E-state index contributed by atoms with van der Waals surface area (Å²) in [4.78, 5) is 5.48. The Morgan fingerprint density at radius 3 is 2.95 bits per heavy atom. The number of benzene rings is 1. The summed E-state index contributed by atoms with van der Waals surface area (Å²) in [5, 5.41) is 5.38. The van der Waals surface area contributed by atoms with E-state index in [0.29, 0.717) is 5.84 Å². The molecular formula is C15H19N3S. The lowest BCUT2D eigenvalue weighted by Gasteiger charge is -2.04. The second kappa shape index (κ2) is 7.07. The van der Waals surface area contributed by atoms with Crippen LogP contribution in [0.25, 0.3) is 0 Å². The fourth-order valence-electron chi connectivity index (χ4n) is 1.76. The molecule has 3 N–H and O–H groups in total. The largest absolute Gasteiger partial charge is 0.383 e. The minimum absolute atomic E-state index is 0.577. The molecule has 1 heterocycles. The van der Waals surface area contributed by atoms with Gasteiger partial charge in [0.05, 0.1) is 10.6 Å². The summed E-state index contributed by atoms with van der Waals surface area (Å²) in [6.07, 6.45) is 1.14. The van der Waals surface area contributed by atoms with Crippen molar-refractivity contribution in [3.8, 4) is 0 Å². The Balaban J connectivity index is 2.08. The lowest BCUT2D eigenvalue weighted by molar-refractivity contribution is 0.675. The van der Waals surface area contributed by atoms with Crippen LogP contribution in [-0.4, -0.2) is 12.4 Å². The number of hydrogen-bond donors (Lipinski definition) is 2. The summed E-state index contributed by atoms with van der Waals surface area (Å²) < 4.78 is 0. The topological polar surface area (TPSA) is 50.4 Å². The van der Waals surface area contributed by atoms with Crippen LogP contribution in [0.5, 0.6) is 0 Å². The SMILES string of the molecule is CCCNCc1cccc(N=C(N)c2cccs2)c1. The van der Waals surface area contributed by atoms with E-state index in [0.717, 1.165) is 30.1 Å². The number of hydrogen-bond acceptors (Lipinski definition) is 3. The molecule has 1 aromatic carbocycles. The van der Waals surface area contributed by atoms with Crippen LogP contribution in [0.1, 0.15) is 23.8 Å². The number of thiophene rings is 1. The van der Waals surface area contributed by atoms with Crippen molar-refractivity contribution in [1.29, 1.82) is 0 Å². The van der Waals surface area contributed by atoms with E-state index >= 15 is 0 Å². The van der Waals surface area contributed by atoms with Gasteiger partial charge in [-0.25, -0.2) is 4.99 Å². The van der Waals surface area contributed by atoms with Crippen molar-refractivity contribution < 1.29 is 0 Å². The minimum Gasteiger partial charge on any atom is -0.383 e. The maximum absolute atomic E-state index is 5.99. The molecule has 0 aliphatic rings. The first-order valence-corrected chi connectivity index (χ1v) is 7.35. The molecule has 19 heavy (non-hydrogen) atoms. The van der Waals surface area contributed by atoms with Crippen molar-refractivity contribution >= 4 is 22.9 Å². The molecule has 0 saturated heterocycles. The normalized spacial score (nSPS) is 11.7. The third-order valence-corrected chi connectivity index (χ3v) is 3.58. The zero-order valence-corrected chi connectivity index (χ0v) is 11.9. The van der Waals surface area contributed by atoms with E-state index in [2.05, 4.69) is 29.4 Å². The van der Waals surface area contributed by atoms with Crippen molar-refractivity contribution in [3.63, 3.8) is 0 Å². The first kappa shape index (κ1) is 13.8. The van der Waals surface area contributed by atoms with Gasteiger partial charge in [-0.15, -0.1) is 11.3 Å². The van der Waals surface area contributed by atoms with Crippen LogP contribution in [0.4, 0.5) is 5.69 Å². The van der Waals surface area contributed by atoms with E-state index in [9.17, 15) is 0 Å². The van der Waals surface area contributed by atoms with Gasteiger partial charge in [0.15, 0.2) is 0 Å². The Kier molecular flexibility index (Phi) is 5.12. The Morgan fingerprint density at radius 2 is 2.21 bits per heavy atom. The molecule has 0 atom stereocenters. The second-order valence-electron chi connectivity index (χ2n) is 4.32. The molecule has 0 amide bonds. The Bertz CT molecular complexity index is 532. The molecule has 2 aromatic rings. The molecule has 3 nitrogen and oxygen atoms in total. The van der Waals surface area contributed by atoms with E-state index in [1.807, 2.05) is 29.6 Å². The van der Waals surface area contributed by atoms with E-state index in [-0.39, 0.29) is 0 Å². The monoisotopic (exact) mass is 273 g/mol. The molecule has 0 aliphatic heterocycles. The molecule has 0 saturated carbocycles. The molecule has 100 valence electrons. The zero-order valence-electron chi connectivity index (χ0n) is 11.1. The fraction of sp³-hybridized carbons (Fsp3) is 0.267. The zero-order chi connectivity index (χ0) is 13.5. The van der Waals surface area contributed by atoms with Crippen molar-refractivity contribution in [1.82, 2.24) is 5.32 Å². The highest BCUT2D eigenvalue weighted by atomic mass is 32.1. The van der Waals surface area contributed by atoms with Crippen LogP contribution in [0.3, 0.4) is 0 Å². The molecule has 4 heteroatoms. The molecule has 0 unspecified atom stereocenters. The summed E-state index contributed by atoms with van der Waals surface area (Å²) in [6, 6.07) is 12.1. The average Bonchev–Trinajstić information content (AvgIpc) is 2.93. The van der Waals surface area contributed by atoms with E-state index < -0.39 is 0 Å². The second-order valence-corrected chi connectivity index (χ2v) is 5.27. The number of rotatable bonds is 6. The van der Waals surface area contributed by atoms with Gasteiger partial charge < -0.3 is 11.1 Å². The van der Waals surface area contributed by atoms with E-state index in [1.165, 1.54) is 5.56 Å². The summed E-state index contributed by atoms with van der Waals surface area (Å²) in [5.74, 6) is 0.577. The maximum atomic E-state index is 5.99. The van der Waals surface area contributed by atoms with Gasteiger partial charge in [-0.05, 0) is 42.1 Å². The smallest absolute Gasteiger partial charge is 0.141 e. The van der Waals surface area contributed by atoms with Gasteiger partial charge in [-0.1, -0.05) is 25.1 Å². The Labute approximate surface area is 118 Å². The van der Waals surface area contributed by atoms with Gasteiger partial charge >= 0.3 is 0 Å². The van der Waals surface area contributed by atoms with E-state index in [4.69, 9.17) is 5.73 Å². The summed E-state index contributed by atoms with van der Waals surface area (Å²) in [5.41, 5.74) is 8.12. The third-order valence-electron chi connectivity index (χ3n) is 2.69. The molecule has 0 radical (unpaired) electrons. The molecule has 0 aliphatic carbocycles. The standard InChI is InChI=1S/C15H19N3S/c1-2-8-17-11-12-5-3-6-13(10-12)18-15(16)14-7-4-9-19-14/h3-7,9-10,17H,2,8,11H2,1H3,(H2,16,18). The molecule has 0 bridgehead atoms. The highest BCUT2D eigenvalue weighted by molar-refractivity contribution is 7.12. The first-order valence-electron chi connectivity index (χ1n) is 6.47. The van der Waals surface area contributed by atoms with Gasteiger partial charge in [-0.3, -0.25) is 0 Å². The predicted octanol–water partition coefficient (Wildman–Crippen LogP) is 3.28. The third kappa shape index (κ3) is 4.19. The number of nitrogens with one attached hydrogen (secondary N) is 1. The quantitative estimate of drug-likeness (QED) is 0.482. The number of nitrogens with two attached hydrogens (primary N) is 1. The molecular weight excluding hydrogens is 254 g/mol. The van der Waals surface area contributed by atoms with Crippen LogP contribution < -0.4 is 11.1 Å². The van der Waals surface area contributed by atoms with Crippen molar-refractivity contribution in [2.45, 2.75) is 19.9 Å². The Morgan fingerprint density at radius 1 is 1.32 bits per heavy atom. The van der Waals surface area contributed by atoms with Crippen LogP contribution >= 0.6 is 11.3 Å². The first-order chi connectivity index (χ1) is 9.29. The van der Waals surface area contributed by atoms with Gasteiger partial charge in [-0.2, -0.15) is 0 Å². The highest BCUT2D eigenvalue weighted by Gasteiger charge is 2.00. The van der Waals surface area contributed by atoms with Gasteiger partial charge in [0.1, 0.15) is 5.84 Å². The van der Waals surface area contributed by atoms with E-state index in [1.54, 1.807) is 11.3 Å². The van der Waals surface area contributed by atoms with Crippen LogP contribution in [0, 0.1) is 0 Å². The minimum atomic E-state index is 0.577. The number of aliphatic imine (C=N–C) groups is 1. The van der Waals surface area contributed by atoms with Gasteiger partial charge in [0.2, 0.25) is 0 Å². The maximum Gasteiger partial charge on any atom is 0.141 e. The molecule has 1 aromatic heterocycles. The summed E-state index contributed by atoms with van der Waals surface area (Å²) >= 11 is 1.60. The summed E-state index contributed by atoms with van der Waals surface area (Å²) in [7, 11) is 0.